The fourth-order valence-electron chi connectivity index (χ4n) is 2.40. The SMILES string of the molecule is CCNCc1ccc(C)c(S(=O)(=O)N2CCCOCC2)c1. The highest BCUT2D eigenvalue weighted by Crippen LogP contribution is 2.22. The Balaban J connectivity index is 2.29. The topological polar surface area (TPSA) is 58.6 Å². The quantitative estimate of drug-likeness (QED) is 0.895. The summed E-state index contributed by atoms with van der Waals surface area (Å²) in [6.45, 7) is 7.47. The molecule has 0 amide bonds. The summed E-state index contributed by atoms with van der Waals surface area (Å²) in [7, 11) is -3.44. The van der Waals surface area contributed by atoms with Gasteiger partial charge in [-0.25, -0.2) is 8.42 Å². The van der Waals surface area contributed by atoms with E-state index < -0.39 is 10.0 Å². The normalized spacial score (nSPS) is 17.6. The molecule has 0 aromatic heterocycles. The molecule has 0 spiro atoms. The predicted molar refractivity (Wildman–Crippen MR) is 82.8 cm³/mol. The summed E-state index contributed by atoms with van der Waals surface area (Å²) >= 11 is 0. The molecule has 1 fully saturated rings. The van der Waals surface area contributed by atoms with Crippen LogP contribution in [0.4, 0.5) is 0 Å². The zero-order valence-corrected chi connectivity index (χ0v) is 13.6. The van der Waals surface area contributed by atoms with E-state index in [1.165, 1.54) is 0 Å². The van der Waals surface area contributed by atoms with Gasteiger partial charge in [-0.1, -0.05) is 19.1 Å². The summed E-state index contributed by atoms with van der Waals surface area (Å²) in [6.07, 6.45) is 0.745. The highest BCUT2D eigenvalue weighted by Gasteiger charge is 2.26. The van der Waals surface area contributed by atoms with E-state index >= 15 is 0 Å². The second kappa shape index (κ2) is 7.35. The van der Waals surface area contributed by atoms with E-state index in [4.69, 9.17) is 4.74 Å². The van der Waals surface area contributed by atoms with Crippen LogP contribution in [-0.4, -0.2) is 45.6 Å². The van der Waals surface area contributed by atoms with Crippen LogP contribution in [0.1, 0.15) is 24.5 Å². The Bertz CT molecular complexity index is 564. The smallest absolute Gasteiger partial charge is 0.243 e. The van der Waals surface area contributed by atoms with E-state index in [9.17, 15) is 8.42 Å². The van der Waals surface area contributed by atoms with Gasteiger partial charge < -0.3 is 10.1 Å². The van der Waals surface area contributed by atoms with Crippen molar-refractivity contribution in [3.63, 3.8) is 0 Å². The number of nitrogens with zero attached hydrogens (tertiary/aromatic N) is 1. The summed E-state index contributed by atoms with van der Waals surface area (Å²) in [5.74, 6) is 0. The Morgan fingerprint density at radius 3 is 2.86 bits per heavy atom. The first-order chi connectivity index (χ1) is 10.1. The second-order valence-electron chi connectivity index (χ2n) is 5.25. The Hall–Kier alpha value is -0.950. The number of aryl methyl sites for hydroxylation is 1. The van der Waals surface area contributed by atoms with Crippen molar-refractivity contribution in [2.45, 2.75) is 31.7 Å². The molecule has 1 saturated heterocycles. The summed E-state index contributed by atoms with van der Waals surface area (Å²) in [6, 6.07) is 5.65. The van der Waals surface area contributed by atoms with Crippen LogP contribution in [0.5, 0.6) is 0 Å². The molecule has 1 aromatic rings. The summed E-state index contributed by atoms with van der Waals surface area (Å²) in [5.41, 5.74) is 1.78. The third-order valence-electron chi connectivity index (χ3n) is 3.63. The zero-order chi connectivity index (χ0) is 15.3. The molecule has 0 aliphatic carbocycles. The predicted octanol–water partition coefficient (Wildman–Crippen LogP) is 1.52. The van der Waals surface area contributed by atoms with Crippen molar-refractivity contribution in [2.75, 3.05) is 32.8 Å². The van der Waals surface area contributed by atoms with Crippen molar-refractivity contribution in [1.29, 1.82) is 0 Å². The summed E-state index contributed by atoms with van der Waals surface area (Å²) in [4.78, 5) is 0.416. The van der Waals surface area contributed by atoms with Gasteiger partial charge in [0.05, 0.1) is 11.5 Å². The molecule has 1 aliphatic rings. The van der Waals surface area contributed by atoms with E-state index in [1.54, 1.807) is 10.4 Å². The molecule has 6 heteroatoms. The van der Waals surface area contributed by atoms with Crippen molar-refractivity contribution in [1.82, 2.24) is 9.62 Å². The van der Waals surface area contributed by atoms with Gasteiger partial charge in [-0.05, 0) is 37.1 Å². The second-order valence-corrected chi connectivity index (χ2v) is 7.16. The van der Waals surface area contributed by atoms with Crippen LogP contribution in [0.15, 0.2) is 23.1 Å². The molecule has 2 rings (SSSR count). The lowest BCUT2D eigenvalue weighted by molar-refractivity contribution is 0.148. The fourth-order valence-corrected chi connectivity index (χ4v) is 4.14. The van der Waals surface area contributed by atoms with Gasteiger partial charge in [0.25, 0.3) is 0 Å². The average Bonchev–Trinajstić information content (AvgIpc) is 2.75. The van der Waals surface area contributed by atoms with Crippen LogP contribution < -0.4 is 5.32 Å². The number of ether oxygens (including phenoxy) is 1. The first-order valence-corrected chi connectivity index (χ1v) is 8.88. The lowest BCUT2D eigenvalue weighted by Gasteiger charge is -2.21. The molecule has 1 aromatic carbocycles. The van der Waals surface area contributed by atoms with Gasteiger partial charge in [0.1, 0.15) is 0 Å². The Morgan fingerprint density at radius 2 is 2.10 bits per heavy atom. The van der Waals surface area contributed by atoms with Gasteiger partial charge in [-0.3, -0.25) is 0 Å². The van der Waals surface area contributed by atoms with Crippen LogP contribution in [0.2, 0.25) is 0 Å². The van der Waals surface area contributed by atoms with Gasteiger partial charge in [0.2, 0.25) is 10.0 Å². The fraction of sp³-hybridized carbons (Fsp3) is 0.600. The number of hydrogen-bond donors (Lipinski definition) is 1. The van der Waals surface area contributed by atoms with Gasteiger partial charge in [-0.2, -0.15) is 4.31 Å². The highest BCUT2D eigenvalue weighted by molar-refractivity contribution is 7.89. The van der Waals surface area contributed by atoms with Crippen molar-refractivity contribution in [3.8, 4) is 0 Å². The number of nitrogens with one attached hydrogen (secondary N) is 1. The van der Waals surface area contributed by atoms with Crippen LogP contribution in [0.3, 0.4) is 0 Å². The van der Waals surface area contributed by atoms with Crippen molar-refractivity contribution in [3.05, 3.63) is 29.3 Å². The minimum atomic E-state index is -3.44. The molecule has 0 atom stereocenters. The van der Waals surface area contributed by atoms with E-state index in [-0.39, 0.29) is 0 Å². The number of hydrogen-bond acceptors (Lipinski definition) is 4. The van der Waals surface area contributed by atoms with E-state index in [0.717, 1.165) is 24.1 Å². The molecule has 0 unspecified atom stereocenters. The maximum absolute atomic E-state index is 12.8. The number of benzene rings is 1. The standard InChI is InChI=1S/C15H24N2O3S/c1-3-16-12-14-6-5-13(2)15(11-14)21(18,19)17-7-4-9-20-10-8-17/h5-6,11,16H,3-4,7-10,12H2,1-2H3. The lowest BCUT2D eigenvalue weighted by atomic mass is 10.1. The third kappa shape index (κ3) is 4.03. The Morgan fingerprint density at radius 1 is 1.29 bits per heavy atom. The van der Waals surface area contributed by atoms with Crippen molar-refractivity contribution < 1.29 is 13.2 Å². The molecule has 0 bridgehead atoms. The Kier molecular flexibility index (Phi) is 5.75. The minimum absolute atomic E-state index is 0.416. The molecular weight excluding hydrogens is 288 g/mol. The molecule has 0 radical (unpaired) electrons. The first-order valence-electron chi connectivity index (χ1n) is 7.44. The van der Waals surface area contributed by atoms with Crippen LogP contribution >= 0.6 is 0 Å². The minimum Gasteiger partial charge on any atom is -0.380 e. The molecule has 1 N–H and O–H groups in total. The molecule has 1 heterocycles. The van der Waals surface area contributed by atoms with Gasteiger partial charge in [0, 0.05) is 26.2 Å². The van der Waals surface area contributed by atoms with Crippen molar-refractivity contribution >= 4 is 10.0 Å². The third-order valence-corrected chi connectivity index (χ3v) is 5.67. The van der Waals surface area contributed by atoms with Gasteiger partial charge in [-0.15, -0.1) is 0 Å². The monoisotopic (exact) mass is 312 g/mol. The number of sulfonamides is 1. The first kappa shape index (κ1) is 16.4. The van der Waals surface area contributed by atoms with Crippen LogP contribution in [-0.2, 0) is 21.3 Å². The molecule has 21 heavy (non-hydrogen) atoms. The Labute approximate surface area is 127 Å². The van der Waals surface area contributed by atoms with E-state index in [2.05, 4.69) is 5.32 Å². The van der Waals surface area contributed by atoms with Gasteiger partial charge >= 0.3 is 0 Å². The molecule has 5 nitrogen and oxygen atoms in total. The summed E-state index contributed by atoms with van der Waals surface area (Å²) in [5, 5.41) is 3.22. The molecule has 0 saturated carbocycles. The van der Waals surface area contributed by atoms with E-state index in [1.807, 2.05) is 26.0 Å². The van der Waals surface area contributed by atoms with Crippen LogP contribution in [0, 0.1) is 6.92 Å². The van der Waals surface area contributed by atoms with Crippen LogP contribution in [0.25, 0.3) is 0 Å². The average molecular weight is 312 g/mol. The number of rotatable bonds is 5. The molecular formula is C15H24N2O3S. The lowest BCUT2D eigenvalue weighted by Crippen LogP contribution is -2.33. The summed E-state index contributed by atoms with van der Waals surface area (Å²) < 4.78 is 32.6. The zero-order valence-electron chi connectivity index (χ0n) is 12.8. The highest BCUT2D eigenvalue weighted by atomic mass is 32.2. The largest absolute Gasteiger partial charge is 0.380 e. The maximum Gasteiger partial charge on any atom is 0.243 e. The van der Waals surface area contributed by atoms with Crippen molar-refractivity contribution in [2.24, 2.45) is 0 Å². The molecule has 118 valence electrons. The maximum atomic E-state index is 12.8. The van der Waals surface area contributed by atoms with E-state index in [0.29, 0.717) is 37.7 Å². The van der Waals surface area contributed by atoms with Gasteiger partial charge in [0.15, 0.2) is 0 Å². The molecule has 1 aliphatic heterocycles.